The summed E-state index contributed by atoms with van der Waals surface area (Å²) in [6.45, 7) is 6.83. The third-order valence-electron chi connectivity index (χ3n) is 5.77. The molecular formula is C21H31N3O3. The van der Waals surface area contributed by atoms with Crippen molar-refractivity contribution in [2.75, 3.05) is 40.3 Å². The van der Waals surface area contributed by atoms with Gasteiger partial charge < -0.3 is 14.5 Å². The number of carbonyl (C=O) groups excluding carboxylic acids is 2. The van der Waals surface area contributed by atoms with Crippen LogP contribution in [0.25, 0.3) is 0 Å². The number of hydrogen-bond donors (Lipinski definition) is 0. The fourth-order valence-electron chi connectivity index (χ4n) is 4.12. The van der Waals surface area contributed by atoms with E-state index < -0.39 is 5.54 Å². The number of hydrogen-bond acceptors (Lipinski definition) is 4. The van der Waals surface area contributed by atoms with Crippen LogP contribution in [0.3, 0.4) is 0 Å². The Labute approximate surface area is 162 Å². The molecule has 0 radical (unpaired) electrons. The molecule has 0 aromatic heterocycles. The van der Waals surface area contributed by atoms with E-state index in [-0.39, 0.29) is 17.9 Å². The summed E-state index contributed by atoms with van der Waals surface area (Å²) >= 11 is 0. The van der Waals surface area contributed by atoms with E-state index in [4.69, 9.17) is 4.74 Å². The van der Waals surface area contributed by atoms with E-state index >= 15 is 0 Å². The van der Waals surface area contributed by atoms with Crippen LogP contribution >= 0.6 is 0 Å². The Hall–Kier alpha value is -2.08. The molecule has 0 atom stereocenters. The molecule has 27 heavy (non-hydrogen) atoms. The number of methoxy groups -OCH3 is 1. The van der Waals surface area contributed by atoms with E-state index in [1.807, 2.05) is 43.0 Å². The maximum absolute atomic E-state index is 13.3. The van der Waals surface area contributed by atoms with Crippen LogP contribution < -0.4 is 4.74 Å². The summed E-state index contributed by atoms with van der Waals surface area (Å²) < 4.78 is 5.21. The Morgan fingerprint density at radius 1 is 1.11 bits per heavy atom. The minimum absolute atomic E-state index is 0.00373. The maximum Gasteiger partial charge on any atom is 0.327 e. The van der Waals surface area contributed by atoms with E-state index in [1.54, 1.807) is 7.11 Å². The van der Waals surface area contributed by atoms with Crippen LogP contribution in [0, 0.1) is 5.92 Å². The number of amides is 3. The molecule has 3 rings (SSSR count). The molecule has 2 aliphatic heterocycles. The van der Waals surface area contributed by atoms with Gasteiger partial charge in [0.15, 0.2) is 0 Å². The van der Waals surface area contributed by atoms with E-state index in [0.29, 0.717) is 25.9 Å². The molecular weight excluding hydrogens is 342 g/mol. The van der Waals surface area contributed by atoms with Crippen LogP contribution in [-0.4, -0.2) is 72.5 Å². The Morgan fingerprint density at radius 2 is 1.74 bits per heavy atom. The summed E-state index contributed by atoms with van der Waals surface area (Å²) in [5.74, 6) is 1.09. The van der Waals surface area contributed by atoms with Gasteiger partial charge in [0, 0.05) is 26.2 Å². The number of benzene rings is 1. The molecule has 2 aliphatic rings. The number of ether oxygens (including phenoxy) is 1. The van der Waals surface area contributed by atoms with E-state index in [1.165, 1.54) is 4.90 Å². The van der Waals surface area contributed by atoms with Crippen LogP contribution in [0.2, 0.25) is 0 Å². The van der Waals surface area contributed by atoms with Crippen molar-refractivity contribution in [3.8, 4) is 5.75 Å². The average Bonchev–Trinajstić information content (AvgIpc) is 2.84. The van der Waals surface area contributed by atoms with Crippen molar-refractivity contribution in [1.82, 2.24) is 14.7 Å². The lowest BCUT2D eigenvalue weighted by Crippen LogP contribution is -2.56. The van der Waals surface area contributed by atoms with Gasteiger partial charge in [-0.05, 0) is 49.9 Å². The molecule has 6 heteroatoms. The Morgan fingerprint density at radius 3 is 2.30 bits per heavy atom. The zero-order valence-corrected chi connectivity index (χ0v) is 16.9. The van der Waals surface area contributed by atoms with Gasteiger partial charge in [-0.1, -0.05) is 26.0 Å². The van der Waals surface area contributed by atoms with Crippen molar-refractivity contribution in [2.45, 2.75) is 38.6 Å². The zero-order chi connectivity index (χ0) is 19.6. The molecule has 1 spiro atoms. The Balaban J connectivity index is 1.80. The normalized spacial score (nSPS) is 20.2. The van der Waals surface area contributed by atoms with Gasteiger partial charge in [-0.25, -0.2) is 4.79 Å². The van der Waals surface area contributed by atoms with Crippen molar-refractivity contribution in [3.05, 3.63) is 29.8 Å². The Bertz CT molecular complexity index is 678. The highest BCUT2D eigenvalue weighted by Crippen LogP contribution is 2.37. The van der Waals surface area contributed by atoms with E-state index in [2.05, 4.69) is 11.9 Å². The number of imide groups is 1. The van der Waals surface area contributed by atoms with Gasteiger partial charge in [-0.3, -0.25) is 9.69 Å². The van der Waals surface area contributed by atoms with Gasteiger partial charge in [-0.15, -0.1) is 0 Å². The Kier molecular flexibility index (Phi) is 5.75. The van der Waals surface area contributed by atoms with Gasteiger partial charge in [0.25, 0.3) is 5.91 Å². The van der Waals surface area contributed by atoms with E-state index in [0.717, 1.165) is 30.8 Å². The average molecular weight is 373 g/mol. The quantitative estimate of drug-likeness (QED) is 0.720. The molecule has 2 fully saturated rings. The van der Waals surface area contributed by atoms with Gasteiger partial charge in [-0.2, -0.15) is 0 Å². The minimum Gasteiger partial charge on any atom is -0.497 e. The topological polar surface area (TPSA) is 53.1 Å². The summed E-state index contributed by atoms with van der Waals surface area (Å²) in [6, 6.07) is 7.79. The van der Waals surface area contributed by atoms with Crippen molar-refractivity contribution in [3.63, 3.8) is 0 Å². The number of nitrogens with zero attached hydrogens (tertiary/aromatic N) is 3. The van der Waals surface area contributed by atoms with Crippen molar-refractivity contribution >= 4 is 11.9 Å². The van der Waals surface area contributed by atoms with E-state index in [9.17, 15) is 9.59 Å². The molecule has 2 saturated heterocycles. The molecule has 3 amide bonds. The van der Waals surface area contributed by atoms with Gasteiger partial charge in [0.05, 0.1) is 7.11 Å². The minimum atomic E-state index is -0.662. The molecule has 1 aromatic carbocycles. The predicted octanol–water partition coefficient (Wildman–Crippen LogP) is 2.62. The monoisotopic (exact) mass is 373 g/mol. The molecule has 0 aliphatic carbocycles. The lowest BCUT2D eigenvalue weighted by molar-refractivity contribution is -0.135. The van der Waals surface area contributed by atoms with Crippen LogP contribution in [0.4, 0.5) is 4.79 Å². The molecule has 6 nitrogen and oxygen atoms in total. The summed E-state index contributed by atoms with van der Waals surface area (Å²) in [7, 11) is 3.72. The molecule has 1 aromatic rings. The van der Waals surface area contributed by atoms with Crippen molar-refractivity contribution in [1.29, 1.82) is 0 Å². The van der Waals surface area contributed by atoms with Crippen LogP contribution in [0.5, 0.6) is 5.75 Å². The lowest BCUT2D eigenvalue weighted by Gasteiger charge is -2.41. The van der Waals surface area contributed by atoms with Crippen LogP contribution in [-0.2, 0) is 11.2 Å². The first kappa shape index (κ1) is 19.7. The third kappa shape index (κ3) is 3.81. The third-order valence-corrected chi connectivity index (χ3v) is 5.77. The number of carbonyl (C=O) groups is 2. The first-order valence-electron chi connectivity index (χ1n) is 9.82. The molecule has 0 bridgehead atoms. The molecule has 0 unspecified atom stereocenters. The fourth-order valence-corrected chi connectivity index (χ4v) is 4.12. The van der Waals surface area contributed by atoms with Crippen LogP contribution in [0.1, 0.15) is 32.3 Å². The largest absolute Gasteiger partial charge is 0.497 e. The fraction of sp³-hybridized carbons (Fsp3) is 0.619. The summed E-state index contributed by atoms with van der Waals surface area (Å²) in [4.78, 5) is 32.0. The summed E-state index contributed by atoms with van der Waals surface area (Å²) in [5.41, 5.74) is 0.478. The molecule has 0 saturated carbocycles. The standard InChI is InChI=1S/C21H31N3O3/c1-16(2)15-23-19(25)21(10-13-22(3)14-11-21)24(20(23)26)12-9-17-5-7-18(27-4)8-6-17/h5-8,16H,9-15H2,1-4H3. The van der Waals surface area contributed by atoms with Crippen molar-refractivity contribution in [2.24, 2.45) is 5.92 Å². The number of likely N-dealkylation sites (tertiary alicyclic amines) is 1. The highest BCUT2D eigenvalue weighted by Gasteiger charge is 2.57. The second-order valence-corrected chi connectivity index (χ2v) is 8.18. The molecule has 2 heterocycles. The lowest BCUT2D eigenvalue weighted by atomic mass is 9.85. The summed E-state index contributed by atoms with van der Waals surface area (Å²) in [6.07, 6.45) is 2.16. The highest BCUT2D eigenvalue weighted by molar-refractivity contribution is 6.07. The zero-order valence-electron chi connectivity index (χ0n) is 16.9. The van der Waals surface area contributed by atoms with Crippen molar-refractivity contribution < 1.29 is 14.3 Å². The maximum atomic E-state index is 13.3. The SMILES string of the molecule is COc1ccc(CCN2C(=O)N(CC(C)C)C(=O)C23CCN(C)CC3)cc1. The molecule has 148 valence electrons. The highest BCUT2D eigenvalue weighted by atomic mass is 16.5. The second-order valence-electron chi connectivity index (χ2n) is 8.18. The number of piperidine rings is 1. The summed E-state index contributed by atoms with van der Waals surface area (Å²) in [5, 5.41) is 0. The van der Waals surface area contributed by atoms with Gasteiger partial charge >= 0.3 is 6.03 Å². The van der Waals surface area contributed by atoms with Gasteiger partial charge in [0.2, 0.25) is 0 Å². The molecule has 0 N–H and O–H groups in total. The second kappa shape index (κ2) is 7.89. The number of urea groups is 1. The first-order chi connectivity index (χ1) is 12.9. The predicted molar refractivity (Wildman–Crippen MR) is 105 cm³/mol. The smallest absolute Gasteiger partial charge is 0.327 e. The van der Waals surface area contributed by atoms with Gasteiger partial charge in [0.1, 0.15) is 11.3 Å². The first-order valence-corrected chi connectivity index (χ1v) is 9.82. The van der Waals surface area contributed by atoms with Crippen LogP contribution in [0.15, 0.2) is 24.3 Å². The number of rotatable bonds is 6.